The van der Waals surface area contributed by atoms with Gasteiger partial charge in [0.1, 0.15) is 5.54 Å². The molecule has 116 valence electrons. The van der Waals surface area contributed by atoms with Crippen LogP contribution >= 0.6 is 0 Å². The molecular formula is C15H29N3O2. The van der Waals surface area contributed by atoms with Crippen molar-refractivity contribution in [1.82, 2.24) is 10.2 Å². The van der Waals surface area contributed by atoms with Gasteiger partial charge in [0.25, 0.3) is 0 Å². The number of amides is 1. The summed E-state index contributed by atoms with van der Waals surface area (Å²) < 4.78 is 5.68. The van der Waals surface area contributed by atoms with Crippen LogP contribution in [0.3, 0.4) is 0 Å². The van der Waals surface area contributed by atoms with Crippen LogP contribution in [0.15, 0.2) is 0 Å². The molecule has 1 saturated carbocycles. The van der Waals surface area contributed by atoms with Crippen molar-refractivity contribution >= 4 is 5.91 Å². The number of hydrogen-bond donors (Lipinski definition) is 2. The van der Waals surface area contributed by atoms with Crippen LogP contribution in [0.25, 0.3) is 0 Å². The molecule has 2 fully saturated rings. The van der Waals surface area contributed by atoms with Crippen molar-refractivity contribution in [2.24, 2.45) is 11.7 Å². The maximum Gasteiger partial charge on any atom is 0.238 e. The second-order valence-electron chi connectivity index (χ2n) is 6.30. The molecule has 1 heterocycles. The Morgan fingerprint density at radius 1 is 1.50 bits per heavy atom. The third-order valence-electron chi connectivity index (χ3n) is 5.04. The molecular weight excluding hydrogens is 254 g/mol. The molecule has 0 aromatic heterocycles. The fraction of sp³-hybridized carbons (Fsp3) is 0.933. The average Bonchev–Trinajstić information content (AvgIpc) is 2.73. The second kappa shape index (κ2) is 6.87. The molecule has 0 spiro atoms. The highest BCUT2D eigenvalue weighted by molar-refractivity contribution is 5.85. The summed E-state index contributed by atoms with van der Waals surface area (Å²) in [6.07, 6.45) is 5.52. The van der Waals surface area contributed by atoms with Crippen molar-refractivity contribution in [2.45, 2.75) is 50.7 Å². The van der Waals surface area contributed by atoms with Crippen LogP contribution in [-0.4, -0.2) is 55.7 Å². The quantitative estimate of drug-likeness (QED) is 0.780. The molecule has 20 heavy (non-hydrogen) atoms. The summed E-state index contributed by atoms with van der Waals surface area (Å²) in [7, 11) is 1.87. The molecule has 5 heteroatoms. The number of nitrogens with two attached hydrogens (primary N) is 1. The van der Waals surface area contributed by atoms with Crippen LogP contribution < -0.4 is 11.1 Å². The maximum atomic E-state index is 11.8. The van der Waals surface area contributed by atoms with E-state index in [1.54, 1.807) is 0 Å². The zero-order valence-electron chi connectivity index (χ0n) is 12.9. The van der Waals surface area contributed by atoms with E-state index in [1.165, 1.54) is 0 Å². The fourth-order valence-corrected chi connectivity index (χ4v) is 3.87. The summed E-state index contributed by atoms with van der Waals surface area (Å²) >= 11 is 0. The first-order valence-electron chi connectivity index (χ1n) is 7.91. The zero-order valence-corrected chi connectivity index (χ0v) is 12.9. The van der Waals surface area contributed by atoms with Gasteiger partial charge in [-0.3, -0.25) is 4.79 Å². The SMILES string of the molecule is CNC1(C(N)=O)CCCC1CCN1CCCOC(C)C1. The Morgan fingerprint density at radius 2 is 2.30 bits per heavy atom. The highest BCUT2D eigenvalue weighted by Gasteiger charge is 2.46. The van der Waals surface area contributed by atoms with Gasteiger partial charge in [-0.1, -0.05) is 6.42 Å². The lowest BCUT2D eigenvalue weighted by molar-refractivity contribution is -0.125. The molecule has 5 nitrogen and oxygen atoms in total. The van der Waals surface area contributed by atoms with Gasteiger partial charge in [0.15, 0.2) is 0 Å². The van der Waals surface area contributed by atoms with E-state index in [0.29, 0.717) is 12.0 Å². The number of carbonyl (C=O) groups excluding carboxylic acids is 1. The van der Waals surface area contributed by atoms with Gasteiger partial charge in [-0.25, -0.2) is 0 Å². The standard InChI is InChI=1S/C15H29N3O2/c1-12-11-18(8-4-10-20-12)9-6-13-5-3-7-15(13,17-2)14(16)19/h12-13,17H,3-11H2,1-2H3,(H2,16,19). The van der Waals surface area contributed by atoms with Gasteiger partial charge in [0.2, 0.25) is 5.91 Å². The Bertz CT molecular complexity index is 337. The largest absolute Gasteiger partial charge is 0.377 e. The lowest BCUT2D eigenvalue weighted by Gasteiger charge is -2.33. The summed E-state index contributed by atoms with van der Waals surface area (Å²) in [5, 5.41) is 3.22. The van der Waals surface area contributed by atoms with Gasteiger partial charge in [-0.05, 0) is 52.1 Å². The summed E-state index contributed by atoms with van der Waals surface area (Å²) in [5.41, 5.74) is 5.18. The summed E-state index contributed by atoms with van der Waals surface area (Å²) in [4.78, 5) is 14.3. The van der Waals surface area contributed by atoms with E-state index in [1.807, 2.05) is 7.05 Å². The van der Waals surface area contributed by atoms with Gasteiger partial charge < -0.3 is 20.7 Å². The molecule has 1 amide bonds. The molecule has 1 saturated heterocycles. The van der Waals surface area contributed by atoms with Crippen LogP contribution in [0, 0.1) is 5.92 Å². The first-order chi connectivity index (χ1) is 9.58. The first-order valence-corrected chi connectivity index (χ1v) is 7.91. The predicted molar refractivity (Wildman–Crippen MR) is 79.4 cm³/mol. The van der Waals surface area contributed by atoms with Gasteiger partial charge in [0, 0.05) is 19.7 Å². The number of rotatable bonds is 5. The topological polar surface area (TPSA) is 67.6 Å². The van der Waals surface area contributed by atoms with Gasteiger partial charge in [-0.2, -0.15) is 0 Å². The van der Waals surface area contributed by atoms with Gasteiger partial charge in [-0.15, -0.1) is 0 Å². The van der Waals surface area contributed by atoms with Crippen LogP contribution in [0.1, 0.15) is 39.0 Å². The number of primary amides is 1. The Balaban J connectivity index is 1.90. The minimum atomic E-state index is -0.478. The number of carbonyl (C=O) groups is 1. The van der Waals surface area contributed by atoms with Crippen LogP contribution in [0.2, 0.25) is 0 Å². The number of nitrogens with zero attached hydrogens (tertiary/aromatic N) is 1. The summed E-state index contributed by atoms with van der Waals surface area (Å²) in [6, 6.07) is 0. The smallest absolute Gasteiger partial charge is 0.238 e. The molecule has 3 unspecified atom stereocenters. The molecule has 3 atom stereocenters. The van der Waals surface area contributed by atoms with Crippen molar-refractivity contribution in [3.05, 3.63) is 0 Å². The molecule has 3 N–H and O–H groups in total. The fourth-order valence-electron chi connectivity index (χ4n) is 3.87. The van der Waals surface area contributed by atoms with E-state index in [4.69, 9.17) is 10.5 Å². The lowest BCUT2D eigenvalue weighted by Crippen LogP contribution is -2.57. The number of likely N-dealkylation sites (N-methyl/N-ethyl adjacent to an activating group) is 1. The third kappa shape index (κ3) is 3.32. The molecule has 0 aromatic rings. The highest BCUT2D eigenvalue weighted by atomic mass is 16.5. The van der Waals surface area contributed by atoms with Crippen LogP contribution in [0.4, 0.5) is 0 Å². The summed E-state index contributed by atoms with van der Waals surface area (Å²) in [6.45, 7) is 6.13. The van der Waals surface area contributed by atoms with Crippen LogP contribution in [-0.2, 0) is 9.53 Å². The second-order valence-corrected chi connectivity index (χ2v) is 6.30. The Kier molecular flexibility index (Phi) is 5.41. The lowest BCUT2D eigenvalue weighted by atomic mass is 9.84. The molecule has 1 aliphatic carbocycles. The molecule has 2 aliphatic rings. The van der Waals surface area contributed by atoms with E-state index >= 15 is 0 Å². The van der Waals surface area contributed by atoms with Crippen molar-refractivity contribution in [2.75, 3.05) is 33.3 Å². The molecule has 0 radical (unpaired) electrons. The number of hydrogen-bond acceptors (Lipinski definition) is 4. The minimum absolute atomic E-state index is 0.185. The third-order valence-corrected chi connectivity index (χ3v) is 5.04. The van der Waals surface area contributed by atoms with Crippen molar-refractivity contribution in [3.63, 3.8) is 0 Å². The van der Waals surface area contributed by atoms with E-state index in [2.05, 4.69) is 17.1 Å². The van der Waals surface area contributed by atoms with Crippen molar-refractivity contribution in [1.29, 1.82) is 0 Å². The monoisotopic (exact) mass is 283 g/mol. The van der Waals surface area contributed by atoms with E-state index < -0.39 is 5.54 Å². The maximum absolute atomic E-state index is 11.8. The van der Waals surface area contributed by atoms with Gasteiger partial charge in [0.05, 0.1) is 6.10 Å². The van der Waals surface area contributed by atoms with Crippen molar-refractivity contribution in [3.8, 4) is 0 Å². The molecule has 2 rings (SSSR count). The van der Waals surface area contributed by atoms with Gasteiger partial charge >= 0.3 is 0 Å². The van der Waals surface area contributed by atoms with E-state index in [9.17, 15) is 4.79 Å². The minimum Gasteiger partial charge on any atom is -0.377 e. The zero-order chi connectivity index (χ0) is 14.6. The van der Waals surface area contributed by atoms with E-state index in [0.717, 1.165) is 58.3 Å². The number of ether oxygens (including phenoxy) is 1. The summed E-state index contributed by atoms with van der Waals surface area (Å²) in [5.74, 6) is 0.180. The number of nitrogens with one attached hydrogen (secondary N) is 1. The molecule has 1 aliphatic heterocycles. The normalized spacial score (nSPS) is 35.9. The first kappa shape index (κ1) is 15.7. The predicted octanol–water partition coefficient (Wildman–Crippen LogP) is 0.731. The molecule has 0 aromatic carbocycles. The highest BCUT2D eigenvalue weighted by Crippen LogP contribution is 2.37. The van der Waals surface area contributed by atoms with Crippen LogP contribution in [0.5, 0.6) is 0 Å². The average molecular weight is 283 g/mol. The van der Waals surface area contributed by atoms with E-state index in [-0.39, 0.29) is 5.91 Å². The Hall–Kier alpha value is -0.650. The Labute approximate surface area is 122 Å². The molecule has 0 bridgehead atoms. The van der Waals surface area contributed by atoms with Crippen molar-refractivity contribution < 1.29 is 9.53 Å². The Morgan fingerprint density at radius 3 is 3.00 bits per heavy atom.